The molecule has 0 aromatic heterocycles. The maximum atomic E-state index is 12.8. The smallest absolute Gasteiger partial charge is 0.442 e. The molecule has 0 aliphatic carbocycles. The lowest BCUT2D eigenvalue weighted by Gasteiger charge is -2.16. The Hall–Kier alpha value is -2.36. The Morgan fingerprint density at radius 1 is 1.37 bits per heavy atom. The molecule has 0 radical (unpaired) electrons. The maximum Gasteiger partial charge on any atom is 0.442 e. The van der Waals surface area contributed by atoms with E-state index >= 15 is 0 Å². The largest absolute Gasteiger partial charge is 0.496 e. The molecule has 0 saturated carbocycles. The van der Waals surface area contributed by atoms with E-state index in [2.05, 4.69) is 10.2 Å². The number of ether oxygens (including phenoxy) is 1. The molecular weight excluding hydrogens is 259 g/mol. The SMILES string of the molecule is COc1cc(C2(C(F)(F)F)N=N2)ccc1/C=C/C#N. The van der Waals surface area contributed by atoms with E-state index in [4.69, 9.17) is 10.00 Å². The van der Waals surface area contributed by atoms with E-state index in [1.165, 1.54) is 37.5 Å². The zero-order chi connectivity index (χ0) is 14.1. The van der Waals surface area contributed by atoms with E-state index < -0.39 is 11.8 Å². The summed E-state index contributed by atoms with van der Waals surface area (Å²) >= 11 is 0. The molecule has 2 rings (SSSR count). The van der Waals surface area contributed by atoms with Gasteiger partial charge in [-0.2, -0.15) is 18.4 Å². The van der Waals surface area contributed by atoms with Crippen LogP contribution in [0.5, 0.6) is 5.75 Å². The third kappa shape index (κ3) is 2.17. The molecule has 4 nitrogen and oxygen atoms in total. The van der Waals surface area contributed by atoms with Gasteiger partial charge in [-0.05, 0) is 12.1 Å². The fourth-order valence-electron chi connectivity index (χ4n) is 1.64. The van der Waals surface area contributed by atoms with Crippen molar-refractivity contribution < 1.29 is 17.9 Å². The number of rotatable bonds is 3. The number of nitrogens with zero attached hydrogens (tertiary/aromatic N) is 3. The standard InChI is InChI=1S/C12H8F3N3O/c1-19-10-7-9(5-4-8(10)3-2-6-16)11(17-18-11)12(13,14)15/h2-5,7H,1H3/b3-2+. The number of hydrogen-bond donors (Lipinski definition) is 0. The quantitative estimate of drug-likeness (QED) is 0.788. The lowest BCUT2D eigenvalue weighted by Crippen LogP contribution is -2.30. The van der Waals surface area contributed by atoms with E-state index in [0.29, 0.717) is 5.56 Å². The average Bonchev–Trinajstić information content (AvgIpc) is 3.17. The van der Waals surface area contributed by atoms with Crippen LogP contribution in [0, 0.1) is 11.3 Å². The Balaban J connectivity index is 2.41. The molecule has 0 N–H and O–H groups in total. The first-order chi connectivity index (χ1) is 8.94. The van der Waals surface area contributed by atoms with Gasteiger partial charge in [0.2, 0.25) is 0 Å². The molecule has 1 aromatic rings. The van der Waals surface area contributed by atoms with Crippen LogP contribution in [0.25, 0.3) is 6.08 Å². The zero-order valence-corrected chi connectivity index (χ0v) is 9.77. The Kier molecular flexibility index (Phi) is 3.02. The predicted molar refractivity (Wildman–Crippen MR) is 60.2 cm³/mol. The van der Waals surface area contributed by atoms with Gasteiger partial charge in [-0.25, -0.2) is 0 Å². The molecule has 1 aromatic carbocycles. The van der Waals surface area contributed by atoms with Gasteiger partial charge in [-0.1, -0.05) is 12.1 Å². The highest BCUT2D eigenvalue weighted by Gasteiger charge is 2.65. The van der Waals surface area contributed by atoms with Gasteiger partial charge in [0.1, 0.15) is 5.75 Å². The normalized spacial score (nSPS) is 16.4. The van der Waals surface area contributed by atoms with Crippen LogP contribution in [-0.2, 0) is 5.66 Å². The highest BCUT2D eigenvalue weighted by atomic mass is 19.4. The van der Waals surface area contributed by atoms with Crippen LogP contribution < -0.4 is 4.74 Å². The van der Waals surface area contributed by atoms with Crippen LogP contribution in [0.3, 0.4) is 0 Å². The third-order valence-electron chi connectivity index (χ3n) is 2.67. The van der Waals surface area contributed by atoms with Crippen LogP contribution in [0.4, 0.5) is 13.2 Å². The van der Waals surface area contributed by atoms with E-state index in [-0.39, 0.29) is 11.3 Å². The molecular formula is C12H8F3N3O. The number of alkyl halides is 3. The molecule has 98 valence electrons. The van der Waals surface area contributed by atoms with Crippen molar-refractivity contribution in [1.82, 2.24) is 0 Å². The predicted octanol–water partition coefficient (Wildman–Crippen LogP) is 3.41. The van der Waals surface area contributed by atoms with Gasteiger partial charge in [0.05, 0.1) is 13.2 Å². The molecule has 0 bridgehead atoms. The van der Waals surface area contributed by atoms with Crippen molar-refractivity contribution >= 4 is 6.08 Å². The second kappa shape index (κ2) is 4.39. The van der Waals surface area contributed by atoms with Gasteiger partial charge < -0.3 is 4.74 Å². The Morgan fingerprint density at radius 2 is 2.05 bits per heavy atom. The van der Waals surface area contributed by atoms with Crippen molar-refractivity contribution in [3.8, 4) is 11.8 Å². The summed E-state index contributed by atoms with van der Waals surface area (Å²) in [5, 5.41) is 14.7. The highest BCUT2D eigenvalue weighted by molar-refractivity contribution is 5.60. The molecule has 0 saturated heterocycles. The van der Waals surface area contributed by atoms with Crippen LogP contribution in [-0.4, -0.2) is 13.3 Å². The Bertz CT molecular complexity index is 593. The van der Waals surface area contributed by atoms with Crippen LogP contribution in [0.15, 0.2) is 34.5 Å². The summed E-state index contributed by atoms with van der Waals surface area (Å²) in [7, 11) is 1.34. The first-order valence-electron chi connectivity index (χ1n) is 5.20. The maximum absolute atomic E-state index is 12.8. The fourth-order valence-corrected chi connectivity index (χ4v) is 1.64. The summed E-state index contributed by atoms with van der Waals surface area (Å²) in [4.78, 5) is 0. The first-order valence-corrected chi connectivity index (χ1v) is 5.20. The minimum atomic E-state index is -4.57. The molecule has 0 atom stereocenters. The third-order valence-corrected chi connectivity index (χ3v) is 2.67. The van der Waals surface area contributed by atoms with Crippen LogP contribution >= 0.6 is 0 Å². The lowest BCUT2D eigenvalue weighted by atomic mass is 10.0. The van der Waals surface area contributed by atoms with E-state index in [1.807, 2.05) is 0 Å². The van der Waals surface area contributed by atoms with E-state index in [1.54, 1.807) is 6.07 Å². The van der Waals surface area contributed by atoms with Crippen LogP contribution in [0.2, 0.25) is 0 Å². The van der Waals surface area contributed by atoms with Gasteiger partial charge in [0, 0.05) is 17.2 Å². The van der Waals surface area contributed by atoms with Crippen molar-refractivity contribution in [3.63, 3.8) is 0 Å². The van der Waals surface area contributed by atoms with Gasteiger partial charge in [0.15, 0.2) is 0 Å². The van der Waals surface area contributed by atoms with Gasteiger partial charge in [-0.15, -0.1) is 10.2 Å². The number of benzene rings is 1. The number of hydrogen-bond acceptors (Lipinski definition) is 4. The topological polar surface area (TPSA) is 57.7 Å². The summed E-state index contributed by atoms with van der Waals surface area (Å²) < 4.78 is 43.5. The van der Waals surface area contributed by atoms with Gasteiger partial charge in [-0.3, -0.25) is 0 Å². The van der Waals surface area contributed by atoms with Crippen molar-refractivity contribution in [2.24, 2.45) is 10.2 Å². The van der Waals surface area contributed by atoms with Crippen molar-refractivity contribution in [2.45, 2.75) is 11.8 Å². The summed E-state index contributed by atoms with van der Waals surface area (Å²) in [6.07, 6.45) is -1.91. The molecule has 19 heavy (non-hydrogen) atoms. The number of methoxy groups -OCH3 is 1. The molecule has 1 aliphatic rings. The monoisotopic (exact) mass is 267 g/mol. The molecule has 0 amide bonds. The first kappa shape index (κ1) is 13.1. The van der Waals surface area contributed by atoms with E-state index in [9.17, 15) is 13.2 Å². The van der Waals surface area contributed by atoms with Crippen molar-refractivity contribution in [1.29, 1.82) is 5.26 Å². The molecule has 0 spiro atoms. The summed E-state index contributed by atoms with van der Waals surface area (Å²) in [5.74, 6) is 0.227. The number of allylic oxidation sites excluding steroid dienone is 1. The second-order valence-corrected chi connectivity index (χ2v) is 3.79. The molecule has 1 aliphatic heterocycles. The molecule has 0 fully saturated rings. The van der Waals surface area contributed by atoms with Crippen molar-refractivity contribution in [3.05, 3.63) is 35.4 Å². The number of halogens is 3. The average molecular weight is 267 g/mol. The molecule has 7 heteroatoms. The fraction of sp³-hybridized carbons (Fsp3) is 0.250. The number of nitriles is 1. The molecule has 0 unspecified atom stereocenters. The van der Waals surface area contributed by atoms with Gasteiger partial charge in [0.25, 0.3) is 0 Å². The van der Waals surface area contributed by atoms with Crippen molar-refractivity contribution in [2.75, 3.05) is 7.11 Å². The summed E-state index contributed by atoms with van der Waals surface area (Å²) in [6.45, 7) is 0. The second-order valence-electron chi connectivity index (χ2n) is 3.79. The highest BCUT2D eigenvalue weighted by Crippen LogP contribution is 2.52. The minimum Gasteiger partial charge on any atom is -0.496 e. The van der Waals surface area contributed by atoms with E-state index in [0.717, 1.165) is 0 Å². The summed E-state index contributed by atoms with van der Waals surface area (Å²) in [6, 6.07) is 5.72. The minimum absolute atomic E-state index is 0.106. The Morgan fingerprint density at radius 3 is 2.53 bits per heavy atom. The molecule has 1 heterocycles. The summed E-state index contributed by atoms with van der Waals surface area (Å²) in [5.41, 5.74) is -2.06. The Labute approximate surface area is 106 Å². The van der Waals surface area contributed by atoms with Gasteiger partial charge >= 0.3 is 11.8 Å². The zero-order valence-electron chi connectivity index (χ0n) is 9.77. The van der Waals surface area contributed by atoms with Crippen LogP contribution in [0.1, 0.15) is 11.1 Å². The lowest BCUT2D eigenvalue weighted by molar-refractivity contribution is -0.166.